The highest BCUT2D eigenvalue weighted by atomic mass is 32.1. The third kappa shape index (κ3) is 3.04. The summed E-state index contributed by atoms with van der Waals surface area (Å²) in [5.74, 6) is -0.314. The van der Waals surface area contributed by atoms with Crippen molar-refractivity contribution < 1.29 is 9.59 Å². The Morgan fingerprint density at radius 3 is 2.67 bits per heavy atom. The van der Waals surface area contributed by atoms with E-state index in [1.165, 1.54) is 18.3 Å². The SMILES string of the molecule is CC(=O)NCCNC(=O)c1nc2ccccc2s1. The summed E-state index contributed by atoms with van der Waals surface area (Å²) in [6.45, 7) is 2.26. The molecule has 0 saturated carbocycles. The lowest BCUT2D eigenvalue weighted by molar-refractivity contribution is -0.118. The van der Waals surface area contributed by atoms with Crippen molar-refractivity contribution in [2.75, 3.05) is 13.1 Å². The van der Waals surface area contributed by atoms with Gasteiger partial charge in [0.15, 0.2) is 5.01 Å². The monoisotopic (exact) mass is 263 g/mol. The van der Waals surface area contributed by atoms with Crippen LogP contribution in [0.1, 0.15) is 16.7 Å². The Morgan fingerprint density at radius 1 is 1.22 bits per heavy atom. The number of amides is 2. The zero-order valence-corrected chi connectivity index (χ0v) is 10.7. The molecule has 1 aromatic carbocycles. The number of rotatable bonds is 4. The minimum absolute atomic E-state index is 0.107. The average molecular weight is 263 g/mol. The van der Waals surface area contributed by atoms with E-state index in [9.17, 15) is 9.59 Å². The molecule has 2 amide bonds. The number of hydrogen-bond acceptors (Lipinski definition) is 4. The fourth-order valence-corrected chi connectivity index (χ4v) is 2.34. The molecule has 5 nitrogen and oxygen atoms in total. The van der Waals surface area contributed by atoms with Crippen LogP contribution in [0, 0.1) is 0 Å². The third-order valence-corrected chi connectivity index (χ3v) is 3.31. The van der Waals surface area contributed by atoms with Gasteiger partial charge in [0, 0.05) is 20.0 Å². The van der Waals surface area contributed by atoms with Crippen LogP contribution < -0.4 is 10.6 Å². The van der Waals surface area contributed by atoms with Crippen molar-refractivity contribution >= 4 is 33.4 Å². The van der Waals surface area contributed by atoms with Crippen LogP contribution in [0.4, 0.5) is 0 Å². The molecule has 2 rings (SSSR count). The summed E-state index contributed by atoms with van der Waals surface area (Å²) in [6.07, 6.45) is 0. The molecule has 2 aromatic rings. The maximum atomic E-state index is 11.8. The summed E-state index contributed by atoms with van der Waals surface area (Å²) >= 11 is 1.36. The van der Waals surface area contributed by atoms with Gasteiger partial charge in [-0.15, -0.1) is 11.3 Å². The number of nitrogens with zero attached hydrogens (tertiary/aromatic N) is 1. The van der Waals surface area contributed by atoms with Crippen molar-refractivity contribution in [2.24, 2.45) is 0 Å². The van der Waals surface area contributed by atoms with E-state index in [1.54, 1.807) is 0 Å². The molecule has 0 saturated heterocycles. The molecule has 0 fully saturated rings. The highest BCUT2D eigenvalue weighted by molar-refractivity contribution is 7.20. The molecule has 0 spiro atoms. The van der Waals surface area contributed by atoms with Crippen LogP contribution in [0.2, 0.25) is 0 Å². The number of thiazole rings is 1. The molecule has 0 atom stereocenters. The van der Waals surface area contributed by atoms with Crippen LogP contribution >= 0.6 is 11.3 Å². The van der Waals surface area contributed by atoms with E-state index in [0.717, 1.165) is 10.2 Å². The second-order valence-corrected chi connectivity index (χ2v) is 4.76. The standard InChI is InChI=1S/C12H13N3O2S/c1-8(16)13-6-7-14-11(17)12-15-9-4-2-3-5-10(9)18-12/h2-5H,6-7H2,1H3,(H,13,16)(H,14,17). The maximum absolute atomic E-state index is 11.8. The van der Waals surface area contributed by atoms with E-state index in [2.05, 4.69) is 15.6 Å². The average Bonchev–Trinajstić information content (AvgIpc) is 2.78. The maximum Gasteiger partial charge on any atom is 0.280 e. The van der Waals surface area contributed by atoms with Crippen LogP contribution in [0.25, 0.3) is 10.2 Å². The lowest BCUT2D eigenvalue weighted by atomic mass is 10.3. The fourth-order valence-electron chi connectivity index (χ4n) is 1.46. The normalized spacial score (nSPS) is 10.3. The van der Waals surface area contributed by atoms with Crippen LogP contribution in [-0.2, 0) is 4.79 Å². The lowest BCUT2D eigenvalue weighted by Crippen LogP contribution is -2.33. The molecule has 0 aliphatic rings. The summed E-state index contributed by atoms with van der Waals surface area (Å²) < 4.78 is 0.990. The van der Waals surface area contributed by atoms with Gasteiger partial charge >= 0.3 is 0 Å². The van der Waals surface area contributed by atoms with Crippen molar-refractivity contribution in [1.29, 1.82) is 0 Å². The highest BCUT2D eigenvalue weighted by Gasteiger charge is 2.10. The van der Waals surface area contributed by atoms with Crippen molar-refractivity contribution in [3.63, 3.8) is 0 Å². The van der Waals surface area contributed by atoms with Crippen molar-refractivity contribution in [3.8, 4) is 0 Å². The van der Waals surface area contributed by atoms with Gasteiger partial charge in [-0.2, -0.15) is 0 Å². The Bertz CT molecular complexity index is 546. The summed E-state index contributed by atoms with van der Waals surface area (Å²) in [5, 5.41) is 5.76. The first-order valence-electron chi connectivity index (χ1n) is 5.55. The number of carbonyl (C=O) groups is 2. The number of carbonyl (C=O) groups excluding carboxylic acids is 2. The zero-order valence-electron chi connectivity index (χ0n) is 9.90. The number of aromatic nitrogens is 1. The first-order valence-corrected chi connectivity index (χ1v) is 6.36. The minimum atomic E-state index is -0.207. The van der Waals surface area contributed by atoms with Crippen molar-refractivity contribution in [1.82, 2.24) is 15.6 Å². The number of benzene rings is 1. The second kappa shape index (κ2) is 5.59. The van der Waals surface area contributed by atoms with Gasteiger partial charge in [0.2, 0.25) is 5.91 Å². The van der Waals surface area contributed by atoms with E-state index in [1.807, 2.05) is 24.3 Å². The van der Waals surface area contributed by atoms with Gasteiger partial charge in [-0.1, -0.05) is 12.1 Å². The predicted octanol–water partition coefficient (Wildman–Crippen LogP) is 1.16. The number of nitrogens with one attached hydrogen (secondary N) is 2. The second-order valence-electron chi connectivity index (χ2n) is 3.73. The molecule has 0 bridgehead atoms. The molecule has 0 radical (unpaired) electrons. The Morgan fingerprint density at radius 2 is 1.94 bits per heavy atom. The zero-order chi connectivity index (χ0) is 13.0. The lowest BCUT2D eigenvalue weighted by Gasteiger charge is -2.02. The topological polar surface area (TPSA) is 71.1 Å². The molecule has 18 heavy (non-hydrogen) atoms. The van der Waals surface area contributed by atoms with E-state index in [4.69, 9.17) is 0 Å². The summed E-state index contributed by atoms with van der Waals surface area (Å²) in [5.41, 5.74) is 0.828. The first-order chi connectivity index (χ1) is 8.66. The van der Waals surface area contributed by atoms with Gasteiger partial charge in [0.05, 0.1) is 10.2 Å². The number of para-hydroxylation sites is 1. The fraction of sp³-hybridized carbons (Fsp3) is 0.250. The van der Waals surface area contributed by atoms with Crippen LogP contribution in [0.3, 0.4) is 0 Å². The summed E-state index contributed by atoms with van der Waals surface area (Å²) in [6, 6.07) is 7.61. The molecular weight excluding hydrogens is 250 g/mol. The smallest absolute Gasteiger partial charge is 0.280 e. The molecule has 0 aliphatic carbocycles. The van der Waals surface area contributed by atoms with Gasteiger partial charge in [0.1, 0.15) is 0 Å². The minimum Gasteiger partial charge on any atom is -0.355 e. The number of fused-ring (bicyclic) bond motifs is 1. The quantitative estimate of drug-likeness (QED) is 0.813. The molecule has 1 aromatic heterocycles. The first kappa shape index (κ1) is 12.5. The van der Waals surface area contributed by atoms with Crippen LogP contribution in [-0.4, -0.2) is 29.9 Å². The van der Waals surface area contributed by atoms with Crippen molar-refractivity contribution in [2.45, 2.75) is 6.92 Å². The van der Waals surface area contributed by atoms with E-state index in [-0.39, 0.29) is 11.8 Å². The molecule has 6 heteroatoms. The molecule has 0 aliphatic heterocycles. The molecule has 1 heterocycles. The van der Waals surface area contributed by atoms with Crippen LogP contribution in [0.5, 0.6) is 0 Å². The Labute approximate surface area is 108 Å². The van der Waals surface area contributed by atoms with Crippen molar-refractivity contribution in [3.05, 3.63) is 29.3 Å². The third-order valence-electron chi connectivity index (χ3n) is 2.27. The molecular formula is C12H13N3O2S. The summed E-state index contributed by atoms with van der Waals surface area (Å²) in [4.78, 5) is 26.7. The Kier molecular flexibility index (Phi) is 3.88. The van der Waals surface area contributed by atoms with E-state index < -0.39 is 0 Å². The summed E-state index contributed by atoms with van der Waals surface area (Å²) in [7, 11) is 0. The molecule has 0 unspecified atom stereocenters. The Hall–Kier alpha value is -1.95. The highest BCUT2D eigenvalue weighted by Crippen LogP contribution is 2.21. The van der Waals surface area contributed by atoms with Gasteiger partial charge in [-0.3, -0.25) is 9.59 Å². The predicted molar refractivity (Wildman–Crippen MR) is 70.6 cm³/mol. The molecule has 94 valence electrons. The molecule has 2 N–H and O–H groups in total. The van der Waals surface area contributed by atoms with E-state index in [0.29, 0.717) is 18.1 Å². The van der Waals surface area contributed by atoms with Gasteiger partial charge in [-0.25, -0.2) is 4.98 Å². The van der Waals surface area contributed by atoms with Gasteiger partial charge in [-0.05, 0) is 12.1 Å². The number of hydrogen-bond donors (Lipinski definition) is 2. The van der Waals surface area contributed by atoms with Crippen LogP contribution in [0.15, 0.2) is 24.3 Å². The largest absolute Gasteiger partial charge is 0.355 e. The van der Waals surface area contributed by atoms with Gasteiger partial charge < -0.3 is 10.6 Å². The van der Waals surface area contributed by atoms with E-state index >= 15 is 0 Å². The van der Waals surface area contributed by atoms with Gasteiger partial charge in [0.25, 0.3) is 5.91 Å². The Balaban J connectivity index is 1.94.